The van der Waals surface area contributed by atoms with Crippen molar-refractivity contribution in [3.05, 3.63) is 17.5 Å². The number of hydrogen-bond acceptors (Lipinski definition) is 4. The number of aliphatic hydroxyl groups excluding tert-OH is 1. The number of hydrogen-bond donors (Lipinski definition) is 2. The van der Waals surface area contributed by atoms with Crippen LogP contribution >= 0.6 is 0 Å². The van der Waals surface area contributed by atoms with Crippen LogP contribution in [0, 0.1) is 6.92 Å². The van der Waals surface area contributed by atoms with Crippen molar-refractivity contribution < 1.29 is 9.84 Å². The van der Waals surface area contributed by atoms with Gasteiger partial charge in [0.15, 0.2) is 0 Å². The van der Waals surface area contributed by atoms with E-state index in [1.54, 1.807) is 11.8 Å². The second kappa shape index (κ2) is 5.98. The summed E-state index contributed by atoms with van der Waals surface area (Å²) in [6.45, 7) is 4.61. The van der Waals surface area contributed by atoms with Crippen LogP contribution in [0.25, 0.3) is 0 Å². The van der Waals surface area contributed by atoms with E-state index in [-0.39, 0.29) is 18.7 Å². The molecule has 0 saturated carbocycles. The third-order valence-corrected chi connectivity index (χ3v) is 2.59. The lowest BCUT2D eigenvalue weighted by Crippen LogP contribution is -2.38. The highest BCUT2D eigenvalue weighted by molar-refractivity contribution is 5.19. The Morgan fingerprint density at radius 1 is 1.62 bits per heavy atom. The van der Waals surface area contributed by atoms with Gasteiger partial charge in [0.2, 0.25) is 0 Å². The van der Waals surface area contributed by atoms with Crippen LogP contribution in [0.2, 0.25) is 0 Å². The van der Waals surface area contributed by atoms with E-state index in [1.165, 1.54) is 0 Å². The summed E-state index contributed by atoms with van der Waals surface area (Å²) in [5.41, 5.74) is 2.16. The van der Waals surface area contributed by atoms with Crippen molar-refractivity contribution >= 4 is 0 Å². The molecular weight excluding hydrogens is 206 g/mol. The van der Waals surface area contributed by atoms with Crippen LogP contribution in [0.4, 0.5) is 0 Å². The van der Waals surface area contributed by atoms with Gasteiger partial charge in [-0.15, -0.1) is 0 Å². The zero-order chi connectivity index (χ0) is 12.1. The van der Waals surface area contributed by atoms with E-state index in [4.69, 9.17) is 9.84 Å². The molecular formula is C11H21N3O2. The molecule has 0 spiro atoms. The number of methoxy groups -OCH3 is 1. The number of aryl methyl sites for hydroxylation is 2. The predicted molar refractivity (Wildman–Crippen MR) is 62.2 cm³/mol. The Bertz CT molecular complexity index is 325. The largest absolute Gasteiger partial charge is 0.395 e. The van der Waals surface area contributed by atoms with Gasteiger partial charge in [0.05, 0.1) is 24.9 Å². The van der Waals surface area contributed by atoms with E-state index < -0.39 is 0 Å². The topological polar surface area (TPSA) is 59.3 Å². The van der Waals surface area contributed by atoms with Crippen molar-refractivity contribution in [1.82, 2.24) is 15.1 Å². The highest BCUT2D eigenvalue weighted by atomic mass is 16.5. The maximum atomic E-state index is 9.16. The van der Waals surface area contributed by atoms with E-state index >= 15 is 0 Å². The molecule has 0 amide bonds. The lowest BCUT2D eigenvalue weighted by molar-refractivity contribution is 0.123. The zero-order valence-corrected chi connectivity index (χ0v) is 10.4. The van der Waals surface area contributed by atoms with Crippen LogP contribution < -0.4 is 5.32 Å². The third kappa shape index (κ3) is 3.30. The Morgan fingerprint density at radius 3 is 2.75 bits per heavy atom. The second-order valence-electron chi connectivity index (χ2n) is 4.07. The molecule has 92 valence electrons. The summed E-state index contributed by atoms with van der Waals surface area (Å²) in [5.74, 6) is 0. The molecule has 0 aromatic carbocycles. The number of nitrogens with one attached hydrogen (secondary N) is 1. The quantitative estimate of drug-likeness (QED) is 0.738. The summed E-state index contributed by atoms with van der Waals surface area (Å²) in [5, 5.41) is 16.8. The molecule has 0 aliphatic rings. The Balaban J connectivity index is 2.63. The number of rotatable bonds is 6. The molecule has 5 nitrogen and oxygen atoms in total. The Morgan fingerprint density at radius 2 is 2.31 bits per heavy atom. The maximum Gasteiger partial charge on any atom is 0.0641 e. The molecule has 0 aliphatic carbocycles. The van der Waals surface area contributed by atoms with Crippen molar-refractivity contribution in [3.63, 3.8) is 0 Å². The van der Waals surface area contributed by atoms with Gasteiger partial charge in [-0.05, 0) is 13.8 Å². The number of aliphatic hydroxyl groups is 1. The van der Waals surface area contributed by atoms with E-state index in [0.717, 1.165) is 11.3 Å². The number of aromatic nitrogens is 2. The van der Waals surface area contributed by atoms with Crippen LogP contribution in [0.1, 0.15) is 24.2 Å². The summed E-state index contributed by atoms with van der Waals surface area (Å²) in [6, 6.07) is 0.112. The molecule has 16 heavy (non-hydrogen) atoms. The van der Waals surface area contributed by atoms with Gasteiger partial charge >= 0.3 is 0 Å². The first-order valence-electron chi connectivity index (χ1n) is 5.44. The third-order valence-electron chi connectivity index (χ3n) is 2.59. The minimum Gasteiger partial charge on any atom is -0.395 e. The van der Waals surface area contributed by atoms with Crippen molar-refractivity contribution in [1.29, 1.82) is 0 Å². The average molecular weight is 227 g/mol. The first-order valence-corrected chi connectivity index (χ1v) is 5.44. The molecule has 2 N–H and O–H groups in total. The lowest BCUT2D eigenvalue weighted by atomic mass is 10.1. The van der Waals surface area contributed by atoms with Crippen LogP contribution in [-0.4, -0.2) is 41.3 Å². The second-order valence-corrected chi connectivity index (χ2v) is 4.07. The standard InChI is InChI=1S/C11H21N3O2/c1-8(12-10(6-15)7-16-4)11-5-14(3)13-9(11)2/h5,8,10,12,15H,6-7H2,1-4H3. The first kappa shape index (κ1) is 13.2. The van der Waals surface area contributed by atoms with Crippen molar-refractivity contribution in [2.45, 2.75) is 25.9 Å². The number of nitrogens with zero attached hydrogens (tertiary/aromatic N) is 2. The minimum absolute atomic E-state index is 0.0420. The molecule has 2 atom stereocenters. The van der Waals surface area contributed by atoms with Gasteiger partial charge in [-0.3, -0.25) is 4.68 Å². The normalized spacial score (nSPS) is 15.1. The molecule has 1 aromatic heterocycles. The van der Waals surface area contributed by atoms with E-state index in [2.05, 4.69) is 17.3 Å². The van der Waals surface area contributed by atoms with Crippen LogP contribution in [0.3, 0.4) is 0 Å². The zero-order valence-electron chi connectivity index (χ0n) is 10.4. The summed E-state index contributed by atoms with van der Waals surface area (Å²) >= 11 is 0. The summed E-state index contributed by atoms with van der Waals surface area (Å²) in [6.07, 6.45) is 1.99. The van der Waals surface area contributed by atoms with Gasteiger partial charge in [-0.1, -0.05) is 0 Å². The summed E-state index contributed by atoms with van der Waals surface area (Å²) in [7, 11) is 3.53. The van der Waals surface area contributed by atoms with E-state index in [1.807, 2.05) is 20.2 Å². The van der Waals surface area contributed by atoms with Gasteiger partial charge < -0.3 is 15.2 Å². The van der Waals surface area contributed by atoms with E-state index in [9.17, 15) is 0 Å². The molecule has 5 heteroatoms. The summed E-state index contributed by atoms with van der Waals surface area (Å²) < 4.78 is 6.82. The molecule has 0 radical (unpaired) electrons. The van der Waals surface area contributed by atoms with Gasteiger partial charge in [0, 0.05) is 32.0 Å². The van der Waals surface area contributed by atoms with Gasteiger partial charge in [0.1, 0.15) is 0 Å². The molecule has 0 fully saturated rings. The lowest BCUT2D eigenvalue weighted by Gasteiger charge is -2.20. The first-order chi connectivity index (χ1) is 7.58. The smallest absolute Gasteiger partial charge is 0.0641 e. The van der Waals surface area contributed by atoms with Crippen LogP contribution in [0.15, 0.2) is 6.20 Å². The average Bonchev–Trinajstić information content (AvgIpc) is 2.57. The fraction of sp³-hybridized carbons (Fsp3) is 0.727. The molecule has 1 rings (SSSR count). The maximum absolute atomic E-state index is 9.16. The van der Waals surface area contributed by atoms with Crippen molar-refractivity contribution in [3.8, 4) is 0 Å². The summed E-state index contributed by atoms with van der Waals surface area (Å²) in [4.78, 5) is 0. The van der Waals surface area contributed by atoms with Gasteiger partial charge in [0.25, 0.3) is 0 Å². The number of ether oxygens (including phenoxy) is 1. The van der Waals surface area contributed by atoms with Gasteiger partial charge in [-0.2, -0.15) is 5.10 Å². The molecule has 0 aliphatic heterocycles. The molecule has 2 unspecified atom stereocenters. The van der Waals surface area contributed by atoms with Crippen molar-refractivity contribution in [2.24, 2.45) is 7.05 Å². The van der Waals surface area contributed by atoms with Crippen LogP contribution in [0.5, 0.6) is 0 Å². The highest BCUT2D eigenvalue weighted by Crippen LogP contribution is 2.15. The van der Waals surface area contributed by atoms with Crippen LogP contribution in [-0.2, 0) is 11.8 Å². The fourth-order valence-corrected chi connectivity index (χ4v) is 1.84. The fourth-order valence-electron chi connectivity index (χ4n) is 1.84. The Hall–Kier alpha value is -0.910. The Labute approximate surface area is 96.4 Å². The predicted octanol–water partition coefficient (Wildman–Crippen LogP) is 0.386. The molecule has 0 bridgehead atoms. The SMILES string of the molecule is COCC(CO)NC(C)c1cn(C)nc1C. The minimum atomic E-state index is -0.0420. The van der Waals surface area contributed by atoms with Gasteiger partial charge in [-0.25, -0.2) is 0 Å². The Kier molecular flexibility index (Phi) is 4.92. The monoisotopic (exact) mass is 227 g/mol. The molecule has 1 heterocycles. The highest BCUT2D eigenvalue weighted by Gasteiger charge is 2.15. The van der Waals surface area contributed by atoms with E-state index in [0.29, 0.717) is 6.61 Å². The molecule has 0 saturated heterocycles. The van der Waals surface area contributed by atoms with Crippen molar-refractivity contribution in [2.75, 3.05) is 20.3 Å². The molecule has 1 aromatic rings.